The van der Waals surface area contributed by atoms with Crippen LogP contribution in [-0.4, -0.2) is 22.5 Å². The fraction of sp³-hybridized carbons (Fsp3) is 0.190. The second-order valence-corrected chi connectivity index (χ2v) is 6.11. The van der Waals surface area contributed by atoms with Gasteiger partial charge in [-0.2, -0.15) is 0 Å². The summed E-state index contributed by atoms with van der Waals surface area (Å²) in [5, 5.41) is 0. The first-order valence-corrected chi connectivity index (χ1v) is 8.61. The number of aromatic nitrogens is 2. The number of H-pyrrole nitrogens is 1. The number of pyridine rings is 2. The first-order chi connectivity index (χ1) is 13.1. The fourth-order valence-corrected chi connectivity index (χ4v) is 2.79. The number of nitrogens with one attached hydrogen (secondary N) is 1. The maximum atomic E-state index is 14.5. The zero-order valence-electron chi connectivity index (χ0n) is 14.9. The van der Waals surface area contributed by atoms with Crippen molar-refractivity contribution in [2.24, 2.45) is 0 Å². The van der Waals surface area contributed by atoms with Gasteiger partial charge in [0.05, 0.1) is 12.2 Å². The van der Waals surface area contributed by atoms with Crippen molar-refractivity contribution in [3.63, 3.8) is 0 Å². The Kier molecular flexibility index (Phi) is 5.76. The van der Waals surface area contributed by atoms with Gasteiger partial charge in [0.15, 0.2) is 0 Å². The largest absolute Gasteiger partial charge is 0.462 e. The smallest absolute Gasteiger partial charge is 0.339 e. The molecule has 138 valence electrons. The van der Waals surface area contributed by atoms with Crippen LogP contribution in [0.5, 0.6) is 0 Å². The molecule has 0 unspecified atom stereocenters. The summed E-state index contributed by atoms with van der Waals surface area (Å²) in [6, 6.07) is 10.0. The number of hydrogen-bond acceptors (Lipinski definition) is 4. The molecule has 6 heteroatoms. The van der Waals surface area contributed by atoms with Gasteiger partial charge in [-0.1, -0.05) is 18.2 Å². The van der Waals surface area contributed by atoms with Crippen LogP contribution in [0.1, 0.15) is 39.5 Å². The van der Waals surface area contributed by atoms with Crippen LogP contribution in [0, 0.1) is 5.82 Å². The molecule has 0 bridgehead atoms. The summed E-state index contributed by atoms with van der Waals surface area (Å²) in [5.41, 5.74) is 2.65. The molecule has 0 aliphatic heterocycles. The lowest BCUT2D eigenvalue weighted by molar-refractivity contribution is 0.0525. The van der Waals surface area contributed by atoms with Crippen LogP contribution in [0.4, 0.5) is 4.39 Å². The normalized spacial score (nSPS) is 10.6. The second-order valence-electron chi connectivity index (χ2n) is 6.11. The molecule has 0 fully saturated rings. The first-order valence-electron chi connectivity index (χ1n) is 8.61. The van der Waals surface area contributed by atoms with Crippen molar-refractivity contribution >= 4 is 5.97 Å². The van der Waals surface area contributed by atoms with Crippen molar-refractivity contribution in [2.45, 2.75) is 19.8 Å². The standard InChI is InChI=1S/C21H19FN2O3/c1-2-27-21(26)18-9-15(12-23-13-18)8-14-5-6-16(19(22)10-14)11-17-4-3-7-24-20(17)25/h3-7,9-10,12-13H,2,8,11H2,1H3,(H,24,25). The molecule has 0 aliphatic carbocycles. The Morgan fingerprint density at radius 3 is 2.70 bits per heavy atom. The molecule has 0 spiro atoms. The van der Waals surface area contributed by atoms with Gasteiger partial charge in [-0.3, -0.25) is 9.78 Å². The van der Waals surface area contributed by atoms with E-state index < -0.39 is 5.97 Å². The van der Waals surface area contributed by atoms with Crippen LogP contribution < -0.4 is 5.56 Å². The van der Waals surface area contributed by atoms with Crippen molar-refractivity contribution in [1.29, 1.82) is 0 Å². The van der Waals surface area contributed by atoms with Crippen molar-refractivity contribution < 1.29 is 13.9 Å². The third-order valence-corrected chi connectivity index (χ3v) is 4.11. The molecule has 0 aliphatic rings. The molecule has 0 radical (unpaired) electrons. The van der Waals surface area contributed by atoms with Crippen LogP contribution in [-0.2, 0) is 17.6 Å². The third kappa shape index (κ3) is 4.67. The quantitative estimate of drug-likeness (QED) is 0.680. The molecule has 0 amide bonds. The number of carbonyl (C=O) groups excluding carboxylic acids is 1. The number of nitrogens with zero attached hydrogens (tertiary/aromatic N) is 1. The number of hydrogen-bond donors (Lipinski definition) is 1. The topological polar surface area (TPSA) is 72.0 Å². The molecule has 3 rings (SSSR count). The first kappa shape index (κ1) is 18.5. The Morgan fingerprint density at radius 2 is 1.96 bits per heavy atom. The van der Waals surface area contributed by atoms with Crippen LogP contribution in [0.2, 0.25) is 0 Å². The highest BCUT2D eigenvalue weighted by Crippen LogP contribution is 2.17. The monoisotopic (exact) mass is 366 g/mol. The number of ether oxygens (including phenoxy) is 1. The van der Waals surface area contributed by atoms with Crippen molar-refractivity contribution in [2.75, 3.05) is 6.61 Å². The van der Waals surface area contributed by atoms with E-state index in [2.05, 4.69) is 9.97 Å². The molecular weight excluding hydrogens is 347 g/mol. The number of benzene rings is 1. The molecule has 1 aromatic carbocycles. The minimum Gasteiger partial charge on any atom is -0.462 e. The number of halogens is 1. The Hall–Kier alpha value is -3.28. The molecule has 1 N–H and O–H groups in total. The van der Waals surface area contributed by atoms with Gasteiger partial charge in [-0.25, -0.2) is 9.18 Å². The number of rotatable bonds is 6. The van der Waals surface area contributed by atoms with E-state index in [9.17, 15) is 14.0 Å². The zero-order valence-corrected chi connectivity index (χ0v) is 14.9. The van der Waals surface area contributed by atoms with E-state index in [0.717, 1.165) is 11.1 Å². The predicted octanol–water partition coefficient (Wildman–Crippen LogP) is 3.27. The highest BCUT2D eigenvalue weighted by Gasteiger charge is 2.10. The van der Waals surface area contributed by atoms with Gasteiger partial charge >= 0.3 is 5.97 Å². The van der Waals surface area contributed by atoms with Crippen molar-refractivity contribution in [3.05, 3.63) is 99.0 Å². The molecule has 0 saturated carbocycles. The van der Waals surface area contributed by atoms with Gasteiger partial charge in [0.25, 0.3) is 5.56 Å². The lowest BCUT2D eigenvalue weighted by Crippen LogP contribution is -2.12. The van der Waals surface area contributed by atoms with E-state index in [1.807, 2.05) is 6.07 Å². The van der Waals surface area contributed by atoms with Gasteiger partial charge in [0, 0.05) is 30.6 Å². The van der Waals surface area contributed by atoms with Crippen LogP contribution in [0.3, 0.4) is 0 Å². The molecule has 0 saturated heterocycles. The van der Waals surface area contributed by atoms with Crippen LogP contribution in [0.25, 0.3) is 0 Å². The van der Waals surface area contributed by atoms with E-state index >= 15 is 0 Å². The summed E-state index contributed by atoms with van der Waals surface area (Å²) in [7, 11) is 0. The number of esters is 1. The molecular formula is C21H19FN2O3. The summed E-state index contributed by atoms with van der Waals surface area (Å²) in [6.07, 6.45) is 5.29. The van der Waals surface area contributed by atoms with E-state index in [1.54, 1.807) is 43.6 Å². The Balaban J connectivity index is 1.76. The summed E-state index contributed by atoms with van der Waals surface area (Å²) >= 11 is 0. The third-order valence-electron chi connectivity index (χ3n) is 4.11. The van der Waals surface area contributed by atoms with Gasteiger partial charge in [0.2, 0.25) is 0 Å². The van der Waals surface area contributed by atoms with Gasteiger partial charge in [-0.05, 0) is 48.2 Å². The minimum absolute atomic E-state index is 0.220. The number of carbonyl (C=O) groups is 1. The van der Waals surface area contributed by atoms with Gasteiger partial charge < -0.3 is 9.72 Å². The van der Waals surface area contributed by atoms with Gasteiger partial charge in [-0.15, -0.1) is 0 Å². The highest BCUT2D eigenvalue weighted by molar-refractivity contribution is 5.89. The van der Waals surface area contributed by atoms with E-state index in [1.165, 1.54) is 12.3 Å². The average Bonchev–Trinajstić information content (AvgIpc) is 2.66. The van der Waals surface area contributed by atoms with Gasteiger partial charge in [0.1, 0.15) is 5.82 Å². The molecule has 2 heterocycles. The van der Waals surface area contributed by atoms with Crippen molar-refractivity contribution in [3.8, 4) is 0 Å². The zero-order chi connectivity index (χ0) is 19.2. The second kappa shape index (κ2) is 8.40. The van der Waals surface area contributed by atoms with Crippen molar-refractivity contribution in [1.82, 2.24) is 9.97 Å². The summed E-state index contributed by atoms with van der Waals surface area (Å²) in [6.45, 7) is 2.03. The summed E-state index contributed by atoms with van der Waals surface area (Å²) in [5.74, 6) is -0.799. The molecule has 2 aromatic heterocycles. The predicted molar refractivity (Wildman–Crippen MR) is 99.3 cm³/mol. The highest BCUT2D eigenvalue weighted by atomic mass is 19.1. The maximum Gasteiger partial charge on any atom is 0.339 e. The Labute approximate surface area is 155 Å². The lowest BCUT2D eigenvalue weighted by atomic mass is 10.0. The Morgan fingerprint density at radius 1 is 1.11 bits per heavy atom. The molecule has 3 aromatic rings. The van der Waals surface area contributed by atoms with E-state index in [-0.39, 0.29) is 17.8 Å². The summed E-state index contributed by atoms with van der Waals surface area (Å²) < 4.78 is 19.4. The van der Waals surface area contributed by atoms with E-state index in [4.69, 9.17) is 4.74 Å². The maximum absolute atomic E-state index is 14.5. The lowest BCUT2D eigenvalue weighted by Gasteiger charge is -2.08. The van der Waals surface area contributed by atoms with Crippen LogP contribution in [0.15, 0.2) is 59.8 Å². The van der Waals surface area contributed by atoms with E-state index in [0.29, 0.717) is 29.7 Å². The van der Waals surface area contributed by atoms with Crippen LogP contribution >= 0.6 is 0 Å². The SMILES string of the molecule is CCOC(=O)c1cncc(Cc2ccc(Cc3ccc[nH]c3=O)c(F)c2)c1. The Bertz CT molecular complexity index is 1010. The molecule has 0 atom stereocenters. The molecule has 5 nitrogen and oxygen atoms in total. The molecule has 27 heavy (non-hydrogen) atoms. The average molecular weight is 366 g/mol. The number of aromatic amines is 1. The minimum atomic E-state index is -0.429. The fourth-order valence-electron chi connectivity index (χ4n) is 2.79. The summed E-state index contributed by atoms with van der Waals surface area (Å²) in [4.78, 5) is 30.2.